The van der Waals surface area contributed by atoms with Gasteiger partial charge in [0.05, 0.1) is 27.0 Å². The molecule has 1 heterocycles. The summed E-state index contributed by atoms with van der Waals surface area (Å²) in [6.07, 6.45) is 4.44. The SMILES string of the molecule is CO/C=C(\C(=O)OC)c1ccccc1CO/N=C(/Cn1cncn1)c1ccccc1. The van der Waals surface area contributed by atoms with Crippen molar-refractivity contribution in [3.8, 4) is 0 Å². The maximum absolute atomic E-state index is 12.1. The first kappa shape index (κ1) is 20.8. The molecular formula is C22H22N4O4. The van der Waals surface area contributed by atoms with Gasteiger partial charge < -0.3 is 14.3 Å². The molecule has 154 valence electrons. The van der Waals surface area contributed by atoms with Crippen LogP contribution in [0.25, 0.3) is 5.57 Å². The lowest BCUT2D eigenvalue weighted by Crippen LogP contribution is -2.13. The Hall–Kier alpha value is -3.94. The molecule has 1 aromatic heterocycles. The summed E-state index contributed by atoms with van der Waals surface area (Å²) in [5.74, 6) is -0.496. The second-order valence-electron chi connectivity index (χ2n) is 6.19. The lowest BCUT2D eigenvalue weighted by atomic mass is 10.0. The van der Waals surface area contributed by atoms with Crippen LogP contribution in [0.4, 0.5) is 0 Å². The standard InChI is InChI=1S/C22H22N4O4/c1-28-14-20(22(27)29-2)19-11-7-6-10-18(19)13-30-25-21(12-26-16-23-15-24-26)17-8-4-3-5-9-17/h3-11,14-16H,12-13H2,1-2H3/b20-14-,25-21-. The largest absolute Gasteiger partial charge is 0.503 e. The molecule has 3 rings (SSSR count). The van der Waals surface area contributed by atoms with E-state index in [0.717, 1.165) is 11.1 Å². The van der Waals surface area contributed by atoms with Gasteiger partial charge in [0.1, 0.15) is 30.5 Å². The Labute approximate surface area is 174 Å². The molecule has 0 amide bonds. The maximum Gasteiger partial charge on any atom is 0.341 e. The number of ether oxygens (including phenoxy) is 2. The fraction of sp³-hybridized carbons (Fsp3) is 0.182. The van der Waals surface area contributed by atoms with Gasteiger partial charge in [-0.1, -0.05) is 59.8 Å². The average Bonchev–Trinajstić information content (AvgIpc) is 3.30. The van der Waals surface area contributed by atoms with E-state index in [-0.39, 0.29) is 6.61 Å². The van der Waals surface area contributed by atoms with Crippen LogP contribution in [0.2, 0.25) is 0 Å². The summed E-state index contributed by atoms with van der Waals surface area (Å²) in [5.41, 5.74) is 3.33. The molecule has 0 unspecified atom stereocenters. The zero-order valence-corrected chi connectivity index (χ0v) is 16.8. The molecule has 0 bridgehead atoms. The second-order valence-corrected chi connectivity index (χ2v) is 6.19. The zero-order valence-electron chi connectivity index (χ0n) is 16.8. The molecule has 30 heavy (non-hydrogen) atoms. The molecule has 0 spiro atoms. The van der Waals surface area contributed by atoms with Crippen molar-refractivity contribution in [1.29, 1.82) is 0 Å². The van der Waals surface area contributed by atoms with E-state index in [1.807, 2.05) is 48.5 Å². The van der Waals surface area contributed by atoms with Gasteiger partial charge in [-0.25, -0.2) is 14.5 Å². The Balaban J connectivity index is 1.83. The molecule has 2 aromatic carbocycles. The molecule has 0 aliphatic heterocycles. The Kier molecular flexibility index (Phi) is 7.32. The first-order valence-electron chi connectivity index (χ1n) is 9.19. The predicted octanol–water partition coefficient (Wildman–Crippen LogP) is 3.06. The summed E-state index contributed by atoms with van der Waals surface area (Å²) in [7, 11) is 2.80. The van der Waals surface area contributed by atoms with E-state index in [9.17, 15) is 4.79 Å². The van der Waals surface area contributed by atoms with Gasteiger partial charge in [0.15, 0.2) is 0 Å². The van der Waals surface area contributed by atoms with Gasteiger partial charge >= 0.3 is 5.97 Å². The lowest BCUT2D eigenvalue weighted by Gasteiger charge is -2.12. The fourth-order valence-electron chi connectivity index (χ4n) is 2.81. The smallest absolute Gasteiger partial charge is 0.341 e. The minimum Gasteiger partial charge on any atom is -0.503 e. The predicted molar refractivity (Wildman–Crippen MR) is 111 cm³/mol. The van der Waals surface area contributed by atoms with Crippen LogP contribution in [-0.4, -0.2) is 40.7 Å². The number of oxime groups is 1. The van der Waals surface area contributed by atoms with Gasteiger partial charge in [0.2, 0.25) is 0 Å². The van der Waals surface area contributed by atoms with Crippen molar-refractivity contribution < 1.29 is 19.1 Å². The number of carbonyl (C=O) groups excluding carboxylic acids is 1. The first-order valence-corrected chi connectivity index (χ1v) is 9.19. The van der Waals surface area contributed by atoms with Gasteiger partial charge in [0, 0.05) is 11.1 Å². The van der Waals surface area contributed by atoms with Crippen molar-refractivity contribution in [2.75, 3.05) is 14.2 Å². The van der Waals surface area contributed by atoms with Gasteiger partial charge in [-0.3, -0.25) is 0 Å². The monoisotopic (exact) mass is 406 g/mol. The summed E-state index contributed by atoms with van der Waals surface area (Å²) in [6.45, 7) is 0.560. The third kappa shape index (κ3) is 5.32. The molecule has 3 aromatic rings. The van der Waals surface area contributed by atoms with Gasteiger partial charge in [-0.05, 0) is 5.56 Å². The zero-order chi connectivity index (χ0) is 21.2. The number of hydrogen-bond acceptors (Lipinski definition) is 7. The molecule has 0 saturated carbocycles. The number of carbonyl (C=O) groups is 1. The molecule has 8 nitrogen and oxygen atoms in total. The molecule has 0 fully saturated rings. The molecule has 0 atom stereocenters. The molecule has 0 N–H and O–H groups in total. The average molecular weight is 406 g/mol. The van der Waals surface area contributed by atoms with Crippen LogP contribution in [0.5, 0.6) is 0 Å². The highest BCUT2D eigenvalue weighted by atomic mass is 16.6. The van der Waals surface area contributed by atoms with E-state index >= 15 is 0 Å². The third-order valence-corrected chi connectivity index (χ3v) is 4.23. The van der Waals surface area contributed by atoms with Crippen molar-refractivity contribution in [2.24, 2.45) is 5.16 Å². The minimum absolute atomic E-state index is 0.155. The second kappa shape index (κ2) is 10.6. The van der Waals surface area contributed by atoms with Crippen molar-refractivity contribution in [2.45, 2.75) is 13.2 Å². The van der Waals surface area contributed by atoms with E-state index < -0.39 is 5.97 Å². The van der Waals surface area contributed by atoms with E-state index in [2.05, 4.69) is 15.2 Å². The number of methoxy groups -OCH3 is 2. The van der Waals surface area contributed by atoms with Crippen molar-refractivity contribution in [3.63, 3.8) is 0 Å². The van der Waals surface area contributed by atoms with Crippen LogP contribution in [0.1, 0.15) is 16.7 Å². The van der Waals surface area contributed by atoms with E-state index in [1.165, 1.54) is 26.8 Å². The summed E-state index contributed by atoms with van der Waals surface area (Å²) in [5, 5.41) is 8.47. The van der Waals surface area contributed by atoms with Crippen molar-refractivity contribution in [3.05, 3.63) is 90.2 Å². The van der Waals surface area contributed by atoms with Gasteiger partial charge in [0.25, 0.3) is 0 Å². The maximum atomic E-state index is 12.1. The Bertz CT molecular complexity index is 1010. The van der Waals surface area contributed by atoms with Gasteiger partial charge in [-0.15, -0.1) is 0 Å². The summed E-state index contributed by atoms with van der Waals surface area (Å²) < 4.78 is 11.6. The first-order chi connectivity index (χ1) is 14.7. The number of benzene rings is 2. The van der Waals surface area contributed by atoms with Crippen LogP contribution in [-0.2, 0) is 32.3 Å². The highest BCUT2D eigenvalue weighted by Gasteiger charge is 2.17. The van der Waals surface area contributed by atoms with Crippen LogP contribution in [0.15, 0.2) is 78.7 Å². The Morgan fingerprint density at radius 3 is 2.57 bits per heavy atom. The van der Waals surface area contributed by atoms with Crippen LogP contribution in [0, 0.1) is 0 Å². The number of aromatic nitrogens is 3. The minimum atomic E-state index is -0.496. The van der Waals surface area contributed by atoms with E-state index in [0.29, 0.717) is 23.4 Å². The molecule has 0 radical (unpaired) electrons. The number of esters is 1. The molecular weight excluding hydrogens is 384 g/mol. The number of nitrogens with zero attached hydrogens (tertiary/aromatic N) is 4. The van der Waals surface area contributed by atoms with Crippen molar-refractivity contribution in [1.82, 2.24) is 14.8 Å². The molecule has 8 heteroatoms. The quantitative estimate of drug-likeness (QED) is 0.178. The highest BCUT2D eigenvalue weighted by molar-refractivity contribution is 6.16. The third-order valence-electron chi connectivity index (χ3n) is 4.23. The molecule has 0 aliphatic rings. The van der Waals surface area contributed by atoms with Crippen LogP contribution in [0.3, 0.4) is 0 Å². The fourth-order valence-corrected chi connectivity index (χ4v) is 2.81. The Morgan fingerprint density at radius 2 is 1.87 bits per heavy atom. The number of rotatable bonds is 9. The van der Waals surface area contributed by atoms with Crippen LogP contribution >= 0.6 is 0 Å². The Morgan fingerprint density at radius 1 is 1.10 bits per heavy atom. The normalized spacial score (nSPS) is 11.8. The number of hydrogen-bond donors (Lipinski definition) is 0. The van der Waals surface area contributed by atoms with E-state index in [4.69, 9.17) is 14.3 Å². The van der Waals surface area contributed by atoms with E-state index in [1.54, 1.807) is 17.1 Å². The molecule has 0 aliphatic carbocycles. The molecule has 0 saturated heterocycles. The topological polar surface area (TPSA) is 87.8 Å². The highest BCUT2D eigenvalue weighted by Crippen LogP contribution is 2.22. The summed E-state index contributed by atoms with van der Waals surface area (Å²) in [4.78, 5) is 21.8. The van der Waals surface area contributed by atoms with Crippen molar-refractivity contribution >= 4 is 17.3 Å². The lowest BCUT2D eigenvalue weighted by molar-refractivity contribution is -0.133. The summed E-state index contributed by atoms with van der Waals surface area (Å²) >= 11 is 0. The van der Waals surface area contributed by atoms with Crippen LogP contribution < -0.4 is 0 Å². The van der Waals surface area contributed by atoms with Gasteiger partial charge in [-0.2, -0.15) is 5.10 Å². The summed E-state index contributed by atoms with van der Waals surface area (Å²) in [6, 6.07) is 17.0.